The van der Waals surface area contributed by atoms with Crippen LogP contribution in [0, 0.1) is 0 Å². The fraction of sp³-hybridized carbons (Fsp3) is 0.667. The monoisotopic (exact) mass is 398 g/mol. The van der Waals surface area contributed by atoms with E-state index in [0.29, 0.717) is 0 Å². The molecule has 2 atom stereocenters. The van der Waals surface area contributed by atoms with Gasteiger partial charge in [0.25, 0.3) is 0 Å². The molecule has 0 fully saturated rings. The quantitative estimate of drug-likeness (QED) is 0.298. The van der Waals surface area contributed by atoms with E-state index in [-0.39, 0.29) is 12.8 Å². The van der Waals surface area contributed by atoms with Gasteiger partial charge in [0, 0.05) is 12.8 Å². The molecule has 0 saturated heterocycles. The number of hydrogen-bond acceptors (Lipinski definition) is 8. The molecule has 2 unspecified atom stereocenters. The van der Waals surface area contributed by atoms with Crippen molar-refractivity contribution in [2.24, 2.45) is 0 Å². The predicted molar refractivity (Wildman–Crippen MR) is 106 cm³/mol. The molecule has 0 aliphatic rings. The maximum Gasteiger partial charge on any atom is 0.634 e. The molecule has 0 heterocycles. The lowest BCUT2D eigenvalue weighted by atomic mass is 9.79. The van der Waals surface area contributed by atoms with E-state index in [1.807, 2.05) is 0 Å². The Morgan fingerprint density at radius 1 is 0.643 bits per heavy atom. The summed E-state index contributed by atoms with van der Waals surface area (Å²) in [7, 11) is -4.05. The normalized spacial score (nSPS) is 17.0. The van der Waals surface area contributed by atoms with Crippen molar-refractivity contribution in [3.8, 4) is 0 Å². The van der Waals surface area contributed by atoms with Gasteiger partial charge in [0.2, 0.25) is 0 Å². The first-order valence-corrected chi connectivity index (χ1v) is 9.10. The van der Waals surface area contributed by atoms with E-state index in [1.165, 1.54) is 27.7 Å². The van der Waals surface area contributed by atoms with Gasteiger partial charge in [0.15, 0.2) is 0 Å². The first-order valence-electron chi connectivity index (χ1n) is 9.10. The Bertz CT molecular complexity index is 569. The van der Waals surface area contributed by atoms with Crippen LogP contribution in [0.2, 0.25) is 0 Å². The summed E-state index contributed by atoms with van der Waals surface area (Å²) >= 11 is 0. The number of benzene rings is 1. The summed E-state index contributed by atoms with van der Waals surface area (Å²) in [5.41, 5.74) is -3.65. The summed E-state index contributed by atoms with van der Waals surface area (Å²) in [6.45, 7) is 9.27. The molecule has 1 aromatic rings. The van der Waals surface area contributed by atoms with E-state index >= 15 is 0 Å². The van der Waals surface area contributed by atoms with Crippen LogP contribution < -0.4 is 0 Å². The van der Waals surface area contributed by atoms with Crippen molar-refractivity contribution in [2.75, 3.05) is 0 Å². The maximum atomic E-state index is 10.4. The molecule has 0 amide bonds. The summed E-state index contributed by atoms with van der Waals surface area (Å²) < 4.78 is 10.3. The first kappa shape index (κ1) is 25.1. The highest BCUT2D eigenvalue weighted by atomic mass is 16.6. The third kappa shape index (κ3) is 6.53. The zero-order chi connectivity index (χ0) is 22.0. The van der Waals surface area contributed by atoms with Crippen molar-refractivity contribution < 1.29 is 39.6 Å². The molecule has 1 aromatic carbocycles. The summed E-state index contributed by atoms with van der Waals surface area (Å²) in [4.78, 5) is 0. The standard InChI is InChI=1S/C18H32B2O8/c1-15(2,21)17(5,27-19(23)24)11-13-7-9-14(10-8-13)12-18(6,16(3,4)22)28-20(25)26/h7-10,21-26H,11-12H2,1-6H3. The van der Waals surface area contributed by atoms with E-state index < -0.39 is 37.0 Å². The maximum absolute atomic E-state index is 10.4. The zero-order valence-electron chi connectivity index (χ0n) is 17.4. The minimum absolute atomic E-state index is 0.211. The lowest BCUT2D eigenvalue weighted by molar-refractivity contribution is -0.120. The van der Waals surface area contributed by atoms with Gasteiger partial charge >= 0.3 is 14.6 Å². The highest BCUT2D eigenvalue weighted by Gasteiger charge is 2.44. The lowest BCUT2D eigenvalue weighted by Crippen LogP contribution is -2.54. The van der Waals surface area contributed by atoms with Gasteiger partial charge in [-0.25, -0.2) is 0 Å². The van der Waals surface area contributed by atoms with Gasteiger partial charge in [-0.2, -0.15) is 0 Å². The van der Waals surface area contributed by atoms with Crippen molar-refractivity contribution in [3.63, 3.8) is 0 Å². The Morgan fingerprint density at radius 3 is 1.07 bits per heavy atom. The molecule has 0 aromatic heterocycles. The third-order valence-electron chi connectivity index (χ3n) is 5.43. The smallest absolute Gasteiger partial charge is 0.402 e. The Kier molecular flexibility index (Phi) is 7.88. The molecule has 0 aliphatic carbocycles. The van der Waals surface area contributed by atoms with Crippen LogP contribution in [0.4, 0.5) is 0 Å². The molecule has 0 aliphatic heterocycles. The highest BCUT2D eigenvalue weighted by molar-refractivity contribution is 6.33. The average molecular weight is 398 g/mol. The van der Waals surface area contributed by atoms with Gasteiger partial charge in [-0.1, -0.05) is 24.3 Å². The van der Waals surface area contributed by atoms with E-state index in [0.717, 1.165) is 11.1 Å². The highest BCUT2D eigenvalue weighted by Crippen LogP contribution is 2.32. The van der Waals surface area contributed by atoms with Gasteiger partial charge in [0.1, 0.15) is 0 Å². The molecule has 8 nitrogen and oxygen atoms in total. The van der Waals surface area contributed by atoms with E-state index in [1.54, 1.807) is 38.1 Å². The fourth-order valence-electron chi connectivity index (χ4n) is 2.82. The van der Waals surface area contributed by atoms with Crippen LogP contribution >= 0.6 is 0 Å². The van der Waals surface area contributed by atoms with Crippen LogP contribution in [0.3, 0.4) is 0 Å². The second kappa shape index (κ2) is 8.81. The SMILES string of the molecule is CC(C)(O)C(C)(Cc1ccc(CC(C)(OB(O)O)C(C)(C)O)cc1)OB(O)O. The largest absolute Gasteiger partial charge is 0.634 e. The van der Waals surface area contributed by atoms with Crippen LogP contribution in [0.15, 0.2) is 24.3 Å². The van der Waals surface area contributed by atoms with E-state index in [9.17, 15) is 30.3 Å². The molecule has 0 radical (unpaired) electrons. The molecular weight excluding hydrogens is 366 g/mol. The summed E-state index contributed by atoms with van der Waals surface area (Å²) in [6, 6.07) is 7.14. The fourth-order valence-corrected chi connectivity index (χ4v) is 2.82. The van der Waals surface area contributed by atoms with Crippen LogP contribution in [0.25, 0.3) is 0 Å². The first-order chi connectivity index (χ1) is 12.5. The van der Waals surface area contributed by atoms with E-state index in [4.69, 9.17) is 9.31 Å². The third-order valence-corrected chi connectivity index (χ3v) is 5.43. The second-order valence-corrected chi connectivity index (χ2v) is 8.64. The van der Waals surface area contributed by atoms with Crippen LogP contribution in [0.1, 0.15) is 52.7 Å². The molecule has 0 bridgehead atoms. The van der Waals surface area contributed by atoms with E-state index in [2.05, 4.69) is 0 Å². The van der Waals surface area contributed by atoms with Gasteiger partial charge in [0.05, 0.1) is 22.4 Å². The molecule has 1 rings (SSSR count). The Hall–Kier alpha value is -0.970. The molecular formula is C18H32B2O8. The van der Waals surface area contributed by atoms with Crippen LogP contribution in [0.5, 0.6) is 0 Å². The molecule has 6 N–H and O–H groups in total. The number of aliphatic hydroxyl groups is 2. The van der Waals surface area contributed by atoms with Crippen LogP contribution in [-0.2, 0) is 22.2 Å². The summed E-state index contributed by atoms with van der Waals surface area (Å²) in [5.74, 6) is 0. The van der Waals surface area contributed by atoms with Crippen molar-refractivity contribution in [1.29, 1.82) is 0 Å². The summed E-state index contributed by atoms with van der Waals surface area (Å²) in [5, 5.41) is 57.5. The Balaban J connectivity index is 3.04. The van der Waals surface area contributed by atoms with Crippen molar-refractivity contribution in [1.82, 2.24) is 0 Å². The lowest BCUT2D eigenvalue weighted by Gasteiger charge is -2.41. The predicted octanol–water partition coefficient (Wildman–Crippen LogP) is -0.197. The molecule has 0 spiro atoms. The second-order valence-electron chi connectivity index (χ2n) is 8.64. The molecule has 28 heavy (non-hydrogen) atoms. The van der Waals surface area contributed by atoms with Crippen LogP contribution in [-0.4, -0.2) is 67.4 Å². The van der Waals surface area contributed by atoms with Crippen molar-refractivity contribution in [3.05, 3.63) is 35.4 Å². The average Bonchev–Trinajstić information content (AvgIpc) is 2.45. The van der Waals surface area contributed by atoms with Gasteiger partial charge in [-0.15, -0.1) is 0 Å². The van der Waals surface area contributed by atoms with Gasteiger partial charge < -0.3 is 39.6 Å². The topological polar surface area (TPSA) is 140 Å². The van der Waals surface area contributed by atoms with Gasteiger partial charge in [-0.3, -0.25) is 0 Å². The van der Waals surface area contributed by atoms with Crippen molar-refractivity contribution in [2.45, 2.75) is 76.8 Å². The summed E-state index contributed by atoms with van der Waals surface area (Å²) in [6.07, 6.45) is 0.423. The number of rotatable bonds is 10. The minimum Gasteiger partial charge on any atom is -0.402 e. The zero-order valence-corrected chi connectivity index (χ0v) is 17.4. The minimum atomic E-state index is -2.02. The molecule has 10 heteroatoms. The number of hydrogen-bond donors (Lipinski definition) is 6. The van der Waals surface area contributed by atoms with Crippen molar-refractivity contribution >= 4 is 14.6 Å². The Labute approximate surface area is 167 Å². The molecule has 158 valence electrons. The Morgan fingerprint density at radius 2 is 0.893 bits per heavy atom. The molecule has 0 saturated carbocycles. The van der Waals surface area contributed by atoms with Gasteiger partial charge in [-0.05, 0) is 52.7 Å².